The number of halogens is 3. The van der Waals surface area contributed by atoms with E-state index in [4.69, 9.17) is 0 Å². The molecule has 0 amide bonds. The molecule has 0 spiro atoms. The molecule has 20 heavy (non-hydrogen) atoms. The monoisotopic (exact) mass is 283 g/mol. The van der Waals surface area contributed by atoms with Crippen LogP contribution in [0.4, 0.5) is 13.2 Å². The Hall–Kier alpha value is -1.03. The van der Waals surface area contributed by atoms with Gasteiger partial charge in [0.2, 0.25) is 0 Å². The minimum atomic E-state index is -4.24. The second-order valence-electron chi connectivity index (χ2n) is 6.20. The summed E-state index contributed by atoms with van der Waals surface area (Å²) in [6.07, 6.45) is -0.778. The Balaban J connectivity index is 1.82. The maximum atomic E-state index is 12.6. The number of hydrogen-bond acceptors (Lipinski definition) is 1. The molecule has 2 fully saturated rings. The minimum Gasteiger partial charge on any atom is -0.302 e. The Morgan fingerprint density at radius 2 is 1.95 bits per heavy atom. The minimum absolute atomic E-state index is 0.124. The van der Waals surface area contributed by atoms with E-state index in [-0.39, 0.29) is 5.41 Å². The van der Waals surface area contributed by atoms with Gasteiger partial charge in [0.25, 0.3) is 0 Å². The molecule has 1 saturated heterocycles. The summed E-state index contributed by atoms with van der Waals surface area (Å²) in [6.45, 7) is 5.38. The van der Waals surface area contributed by atoms with E-state index in [2.05, 4.69) is 11.8 Å². The average Bonchev–Trinajstić information content (AvgIpc) is 2.63. The van der Waals surface area contributed by atoms with Crippen LogP contribution in [0.2, 0.25) is 0 Å². The van der Waals surface area contributed by atoms with Gasteiger partial charge in [0.15, 0.2) is 0 Å². The van der Waals surface area contributed by atoms with Gasteiger partial charge in [-0.2, -0.15) is 13.2 Å². The highest BCUT2D eigenvalue weighted by Crippen LogP contribution is 2.53. The lowest BCUT2D eigenvalue weighted by molar-refractivity contribution is -0.137. The molecule has 2 aliphatic rings. The molecule has 1 aliphatic heterocycles. The van der Waals surface area contributed by atoms with Crippen LogP contribution >= 0.6 is 0 Å². The van der Waals surface area contributed by atoms with Crippen LogP contribution < -0.4 is 0 Å². The van der Waals surface area contributed by atoms with Gasteiger partial charge in [-0.05, 0) is 49.4 Å². The van der Waals surface area contributed by atoms with Crippen molar-refractivity contribution in [2.75, 3.05) is 19.6 Å². The largest absolute Gasteiger partial charge is 0.416 e. The van der Waals surface area contributed by atoms with Gasteiger partial charge < -0.3 is 4.90 Å². The first-order valence-corrected chi connectivity index (χ1v) is 7.36. The highest BCUT2D eigenvalue weighted by Gasteiger charge is 2.53. The SMILES string of the molecule is CCCN1CC2CCC2(c2ccc(C(F)(F)F)cc2)C1. The third-order valence-electron chi connectivity index (χ3n) is 5.03. The Bertz CT molecular complexity index is 479. The molecule has 110 valence electrons. The quantitative estimate of drug-likeness (QED) is 0.808. The average molecular weight is 283 g/mol. The Labute approximate surface area is 117 Å². The number of fused-ring (bicyclic) bond motifs is 1. The number of alkyl halides is 3. The Morgan fingerprint density at radius 1 is 1.25 bits per heavy atom. The van der Waals surface area contributed by atoms with Gasteiger partial charge in [-0.1, -0.05) is 19.1 Å². The number of nitrogens with zero attached hydrogens (tertiary/aromatic N) is 1. The number of hydrogen-bond donors (Lipinski definition) is 0. The van der Waals surface area contributed by atoms with Gasteiger partial charge in [0, 0.05) is 18.5 Å². The smallest absolute Gasteiger partial charge is 0.302 e. The molecule has 0 bridgehead atoms. The fourth-order valence-electron chi connectivity index (χ4n) is 3.90. The lowest BCUT2D eigenvalue weighted by Gasteiger charge is -2.45. The Morgan fingerprint density at radius 3 is 2.45 bits per heavy atom. The molecule has 1 nitrogen and oxygen atoms in total. The standard InChI is InChI=1S/C16H20F3N/c1-2-9-20-10-14-7-8-15(14,11-20)12-3-5-13(6-4-12)16(17,18)19/h3-6,14H,2,7-11H2,1H3. The summed E-state index contributed by atoms with van der Waals surface area (Å²) in [5.74, 6) is 0.630. The van der Waals surface area contributed by atoms with Crippen molar-refractivity contribution in [2.45, 2.75) is 37.8 Å². The number of benzene rings is 1. The first-order chi connectivity index (χ1) is 9.45. The summed E-state index contributed by atoms with van der Waals surface area (Å²) in [6, 6.07) is 5.87. The van der Waals surface area contributed by atoms with Crippen LogP contribution in [0.5, 0.6) is 0 Å². The summed E-state index contributed by atoms with van der Waals surface area (Å²) in [5, 5.41) is 0. The van der Waals surface area contributed by atoms with Crippen molar-refractivity contribution in [3.63, 3.8) is 0 Å². The molecular formula is C16H20F3N. The summed E-state index contributed by atoms with van der Waals surface area (Å²) < 4.78 is 37.9. The van der Waals surface area contributed by atoms with Crippen molar-refractivity contribution in [1.29, 1.82) is 0 Å². The van der Waals surface area contributed by atoms with Crippen molar-refractivity contribution >= 4 is 0 Å². The third kappa shape index (κ3) is 2.14. The topological polar surface area (TPSA) is 3.24 Å². The van der Waals surface area contributed by atoms with E-state index in [1.165, 1.54) is 18.6 Å². The van der Waals surface area contributed by atoms with Crippen molar-refractivity contribution in [3.8, 4) is 0 Å². The van der Waals surface area contributed by atoms with E-state index in [1.807, 2.05) is 0 Å². The van der Waals surface area contributed by atoms with E-state index in [0.29, 0.717) is 5.92 Å². The predicted molar refractivity (Wildman–Crippen MR) is 72.6 cm³/mol. The maximum Gasteiger partial charge on any atom is 0.416 e. The van der Waals surface area contributed by atoms with Gasteiger partial charge in [0.05, 0.1) is 5.56 Å². The lowest BCUT2D eigenvalue weighted by atomic mass is 9.58. The summed E-state index contributed by atoms with van der Waals surface area (Å²) in [5.41, 5.74) is 0.677. The van der Waals surface area contributed by atoms with E-state index >= 15 is 0 Å². The summed E-state index contributed by atoms with van der Waals surface area (Å²) in [4.78, 5) is 2.47. The summed E-state index contributed by atoms with van der Waals surface area (Å²) in [7, 11) is 0. The van der Waals surface area contributed by atoms with Crippen molar-refractivity contribution in [3.05, 3.63) is 35.4 Å². The van der Waals surface area contributed by atoms with Gasteiger partial charge >= 0.3 is 6.18 Å². The molecule has 3 rings (SSSR count). The van der Waals surface area contributed by atoms with E-state index in [9.17, 15) is 13.2 Å². The second-order valence-corrected chi connectivity index (χ2v) is 6.20. The van der Waals surface area contributed by atoms with Crippen LogP contribution in [0.1, 0.15) is 37.3 Å². The van der Waals surface area contributed by atoms with E-state index < -0.39 is 11.7 Å². The summed E-state index contributed by atoms with van der Waals surface area (Å²) >= 11 is 0. The third-order valence-corrected chi connectivity index (χ3v) is 5.03. The molecule has 4 heteroatoms. The van der Waals surface area contributed by atoms with Gasteiger partial charge in [0.1, 0.15) is 0 Å². The lowest BCUT2D eigenvalue weighted by Crippen LogP contribution is -2.43. The highest BCUT2D eigenvalue weighted by atomic mass is 19.4. The molecule has 1 heterocycles. The van der Waals surface area contributed by atoms with Crippen molar-refractivity contribution in [1.82, 2.24) is 4.90 Å². The fraction of sp³-hybridized carbons (Fsp3) is 0.625. The highest BCUT2D eigenvalue weighted by molar-refractivity contribution is 5.35. The maximum absolute atomic E-state index is 12.6. The number of rotatable bonds is 3. The molecule has 2 unspecified atom stereocenters. The van der Waals surface area contributed by atoms with Gasteiger partial charge in [-0.15, -0.1) is 0 Å². The Kier molecular flexibility index (Phi) is 3.32. The van der Waals surface area contributed by atoms with Gasteiger partial charge in [-0.25, -0.2) is 0 Å². The molecule has 0 N–H and O–H groups in total. The van der Waals surface area contributed by atoms with Crippen molar-refractivity contribution < 1.29 is 13.2 Å². The zero-order valence-corrected chi connectivity index (χ0v) is 11.7. The van der Waals surface area contributed by atoms with Crippen LogP contribution in [0.15, 0.2) is 24.3 Å². The molecule has 1 aromatic carbocycles. The molecule has 0 radical (unpaired) electrons. The molecule has 1 saturated carbocycles. The number of likely N-dealkylation sites (tertiary alicyclic amines) is 1. The zero-order chi connectivity index (χ0) is 14.4. The first-order valence-electron chi connectivity index (χ1n) is 7.36. The molecule has 0 aromatic heterocycles. The molecular weight excluding hydrogens is 263 g/mol. The van der Waals surface area contributed by atoms with Crippen molar-refractivity contribution in [2.24, 2.45) is 5.92 Å². The second kappa shape index (κ2) is 4.76. The van der Waals surface area contributed by atoms with Crippen LogP contribution in [0.25, 0.3) is 0 Å². The molecule has 1 aromatic rings. The molecule has 1 aliphatic carbocycles. The van der Waals surface area contributed by atoms with Crippen LogP contribution in [0, 0.1) is 5.92 Å². The predicted octanol–water partition coefficient (Wildman–Crippen LogP) is 4.08. The van der Waals surface area contributed by atoms with Crippen LogP contribution in [-0.2, 0) is 11.6 Å². The fourth-order valence-corrected chi connectivity index (χ4v) is 3.90. The van der Waals surface area contributed by atoms with Crippen LogP contribution in [0.3, 0.4) is 0 Å². The van der Waals surface area contributed by atoms with Crippen LogP contribution in [-0.4, -0.2) is 24.5 Å². The normalized spacial score (nSPS) is 30.1. The van der Waals surface area contributed by atoms with Gasteiger partial charge in [-0.3, -0.25) is 0 Å². The molecule has 2 atom stereocenters. The first kappa shape index (κ1) is 13.9. The van der Waals surface area contributed by atoms with E-state index in [0.717, 1.165) is 38.0 Å². The zero-order valence-electron chi connectivity index (χ0n) is 11.7. The van der Waals surface area contributed by atoms with E-state index in [1.54, 1.807) is 12.1 Å².